The zero-order chi connectivity index (χ0) is 26.2. The fourth-order valence-corrected chi connectivity index (χ4v) is 4.69. The first-order chi connectivity index (χ1) is 17.7. The van der Waals surface area contributed by atoms with Gasteiger partial charge < -0.3 is 29.3 Å². The molecule has 1 N–H and O–H groups in total. The Kier molecular flexibility index (Phi) is 6.91. The van der Waals surface area contributed by atoms with Crippen LogP contribution in [0.3, 0.4) is 0 Å². The summed E-state index contributed by atoms with van der Waals surface area (Å²) < 4.78 is 18.9. The number of rotatable bonds is 5. The lowest BCUT2D eigenvalue weighted by molar-refractivity contribution is -0.0479. The molecule has 37 heavy (non-hydrogen) atoms. The SMILES string of the molecule is COc1cc2c(cc1Nc1ncc3cnn(C[C@H]4CN(C(=O)OC(C)(C)C)CCO4)c3n1)CN(C)CC2. The summed E-state index contributed by atoms with van der Waals surface area (Å²) in [6.07, 6.45) is 3.93. The number of carbonyl (C=O) groups excluding carboxylic acids is 1. The predicted octanol–water partition coefficient (Wildman–Crippen LogP) is 3.20. The van der Waals surface area contributed by atoms with E-state index < -0.39 is 5.60 Å². The highest BCUT2D eigenvalue weighted by atomic mass is 16.6. The van der Waals surface area contributed by atoms with Gasteiger partial charge in [-0.2, -0.15) is 10.1 Å². The predicted molar refractivity (Wildman–Crippen MR) is 139 cm³/mol. The smallest absolute Gasteiger partial charge is 0.410 e. The molecule has 11 nitrogen and oxygen atoms in total. The summed E-state index contributed by atoms with van der Waals surface area (Å²) in [4.78, 5) is 25.8. The third kappa shape index (κ3) is 5.78. The van der Waals surface area contributed by atoms with E-state index in [1.807, 2.05) is 20.8 Å². The maximum absolute atomic E-state index is 12.5. The highest BCUT2D eigenvalue weighted by Gasteiger charge is 2.29. The number of anilines is 2. The van der Waals surface area contributed by atoms with Crippen LogP contribution >= 0.6 is 0 Å². The fraction of sp³-hybridized carbons (Fsp3) is 0.538. The van der Waals surface area contributed by atoms with Crippen molar-refractivity contribution in [3.8, 4) is 5.75 Å². The molecule has 5 rings (SSSR count). The van der Waals surface area contributed by atoms with E-state index in [9.17, 15) is 4.79 Å². The van der Waals surface area contributed by atoms with Gasteiger partial charge in [-0.05, 0) is 57.5 Å². The van der Waals surface area contributed by atoms with Gasteiger partial charge in [0.15, 0.2) is 5.65 Å². The minimum Gasteiger partial charge on any atom is -0.495 e. The first-order valence-corrected chi connectivity index (χ1v) is 12.6. The van der Waals surface area contributed by atoms with E-state index in [4.69, 9.17) is 19.2 Å². The van der Waals surface area contributed by atoms with E-state index in [1.165, 1.54) is 11.1 Å². The summed E-state index contributed by atoms with van der Waals surface area (Å²) in [6, 6.07) is 4.22. The summed E-state index contributed by atoms with van der Waals surface area (Å²) in [6.45, 7) is 9.33. The lowest BCUT2D eigenvalue weighted by Crippen LogP contribution is -2.48. The molecule has 0 saturated carbocycles. The highest BCUT2D eigenvalue weighted by Crippen LogP contribution is 2.33. The van der Waals surface area contributed by atoms with Gasteiger partial charge in [-0.3, -0.25) is 0 Å². The number of benzene rings is 1. The quantitative estimate of drug-likeness (QED) is 0.555. The Morgan fingerprint density at radius 1 is 1.22 bits per heavy atom. The molecule has 11 heteroatoms. The number of morpholine rings is 1. The summed E-state index contributed by atoms with van der Waals surface area (Å²) in [7, 11) is 3.80. The van der Waals surface area contributed by atoms with Crippen molar-refractivity contribution in [2.45, 2.75) is 52.0 Å². The van der Waals surface area contributed by atoms with Crippen LogP contribution in [0.5, 0.6) is 5.75 Å². The average molecular weight is 510 g/mol. The van der Waals surface area contributed by atoms with Crippen molar-refractivity contribution in [1.29, 1.82) is 0 Å². The lowest BCUT2D eigenvalue weighted by atomic mass is 9.99. The molecular formula is C26H35N7O4. The van der Waals surface area contributed by atoms with E-state index in [1.54, 1.807) is 29.1 Å². The van der Waals surface area contributed by atoms with Crippen molar-refractivity contribution < 1.29 is 19.0 Å². The molecule has 1 fully saturated rings. The Bertz CT molecular complexity index is 1290. The largest absolute Gasteiger partial charge is 0.495 e. The van der Waals surface area contributed by atoms with Gasteiger partial charge >= 0.3 is 6.09 Å². The second-order valence-corrected chi connectivity index (χ2v) is 10.7. The Morgan fingerprint density at radius 3 is 2.84 bits per heavy atom. The number of hydrogen-bond donors (Lipinski definition) is 1. The molecule has 2 aliphatic heterocycles. The second kappa shape index (κ2) is 10.1. The Labute approximate surface area is 216 Å². The van der Waals surface area contributed by atoms with Gasteiger partial charge in [-0.25, -0.2) is 14.5 Å². The molecule has 0 radical (unpaired) electrons. The fourth-order valence-electron chi connectivity index (χ4n) is 4.69. The maximum Gasteiger partial charge on any atom is 0.410 e. The molecule has 198 valence electrons. The molecular weight excluding hydrogens is 474 g/mol. The van der Waals surface area contributed by atoms with E-state index in [0.717, 1.165) is 36.3 Å². The van der Waals surface area contributed by atoms with E-state index in [2.05, 4.69) is 39.5 Å². The number of carbonyl (C=O) groups is 1. The molecule has 4 heterocycles. The number of ether oxygens (including phenoxy) is 3. The van der Waals surface area contributed by atoms with Crippen molar-refractivity contribution in [2.75, 3.05) is 45.7 Å². The Hall–Kier alpha value is -3.44. The average Bonchev–Trinajstić information content (AvgIpc) is 3.24. The van der Waals surface area contributed by atoms with Crippen molar-refractivity contribution in [2.24, 2.45) is 0 Å². The third-order valence-electron chi connectivity index (χ3n) is 6.51. The molecule has 1 aromatic carbocycles. The van der Waals surface area contributed by atoms with Crippen LogP contribution in [0.4, 0.5) is 16.4 Å². The number of fused-ring (bicyclic) bond motifs is 2. The topological polar surface area (TPSA) is 107 Å². The minimum atomic E-state index is -0.542. The minimum absolute atomic E-state index is 0.228. The molecule has 0 spiro atoms. The summed E-state index contributed by atoms with van der Waals surface area (Å²) in [5, 5.41) is 8.67. The molecule has 1 saturated heterocycles. The monoisotopic (exact) mass is 509 g/mol. The van der Waals surface area contributed by atoms with Gasteiger partial charge in [0.25, 0.3) is 0 Å². The van der Waals surface area contributed by atoms with Crippen LogP contribution in [0, 0.1) is 0 Å². The first kappa shape index (κ1) is 25.2. The number of likely N-dealkylation sites (N-methyl/N-ethyl adjacent to an activating group) is 1. The Balaban J connectivity index is 1.33. The Morgan fingerprint density at radius 2 is 2.05 bits per heavy atom. The van der Waals surface area contributed by atoms with E-state index in [-0.39, 0.29) is 12.2 Å². The molecule has 1 amide bonds. The van der Waals surface area contributed by atoms with Crippen LogP contribution < -0.4 is 10.1 Å². The number of nitrogens with one attached hydrogen (secondary N) is 1. The maximum atomic E-state index is 12.5. The summed E-state index contributed by atoms with van der Waals surface area (Å²) in [5.74, 6) is 1.22. The summed E-state index contributed by atoms with van der Waals surface area (Å²) in [5.41, 5.74) is 3.55. The second-order valence-electron chi connectivity index (χ2n) is 10.7. The van der Waals surface area contributed by atoms with Crippen LogP contribution in [0.15, 0.2) is 24.5 Å². The molecule has 1 atom stereocenters. The van der Waals surface area contributed by atoms with Gasteiger partial charge in [0.1, 0.15) is 11.4 Å². The number of hydrogen-bond acceptors (Lipinski definition) is 9. The molecule has 0 unspecified atom stereocenters. The standard InChI is InChI=1S/C26H35N7O4/c1-26(2,3)37-25(34)32-8-9-36-20(15-32)16-33-23-19(13-28-33)12-27-24(30-23)29-21-10-18-14-31(4)7-6-17(18)11-22(21)35-5/h10-13,20H,6-9,14-16H2,1-5H3,(H,27,29,30)/t20-/m1/s1. The van der Waals surface area contributed by atoms with Crippen LogP contribution in [0.25, 0.3) is 11.0 Å². The lowest BCUT2D eigenvalue weighted by Gasteiger charge is -2.34. The van der Waals surface area contributed by atoms with Crippen molar-refractivity contribution in [3.05, 3.63) is 35.7 Å². The third-order valence-corrected chi connectivity index (χ3v) is 6.51. The van der Waals surface area contributed by atoms with Crippen LogP contribution in [-0.4, -0.2) is 87.7 Å². The van der Waals surface area contributed by atoms with E-state index >= 15 is 0 Å². The number of amides is 1. The molecule has 3 aromatic rings. The molecule has 0 aliphatic carbocycles. The number of nitrogens with zero attached hydrogens (tertiary/aromatic N) is 6. The van der Waals surface area contributed by atoms with Crippen molar-refractivity contribution in [1.82, 2.24) is 29.5 Å². The number of methoxy groups -OCH3 is 1. The van der Waals surface area contributed by atoms with Gasteiger partial charge in [-0.1, -0.05) is 0 Å². The van der Waals surface area contributed by atoms with Crippen molar-refractivity contribution >= 4 is 28.8 Å². The summed E-state index contributed by atoms with van der Waals surface area (Å²) >= 11 is 0. The van der Waals surface area contributed by atoms with Crippen molar-refractivity contribution in [3.63, 3.8) is 0 Å². The van der Waals surface area contributed by atoms with Gasteiger partial charge in [0, 0.05) is 25.8 Å². The molecule has 2 aliphatic rings. The zero-order valence-corrected chi connectivity index (χ0v) is 22.2. The first-order valence-electron chi connectivity index (χ1n) is 12.6. The van der Waals surface area contributed by atoms with E-state index in [0.29, 0.717) is 37.8 Å². The molecule has 2 aromatic heterocycles. The highest BCUT2D eigenvalue weighted by molar-refractivity contribution is 5.76. The molecule has 0 bridgehead atoms. The van der Waals surface area contributed by atoms with Crippen LogP contribution in [-0.2, 0) is 29.0 Å². The zero-order valence-electron chi connectivity index (χ0n) is 22.2. The van der Waals surface area contributed by atoms with Gasteiger partial charge in [0.05, 0.1) is 50.2 Å². The van der Waals surface area contributed by atoms with Crippen LogP contribution in [0.2, 0.25) is 0 Å². The van der Waals surface area contributed by atoms with Crippen LogP contribution in [0.1, 0.15) is 31.9 Å². The normalized spacial score (nSPS) is 18.5. The van der Waals surface area contributed by atoms with Gasteiger partial charge in [-0.15, -0.1) is 0 Å². The number of aromatic nitrogens is 4. The van der Waals surface area contributed by atoms with Gasteiger partial charge in [0.2, 0.25) is 5.95 Å².